The number of carbonyl (C=O) groups excluding carboxylic acids is 2. The molecule has 3 aliphatic rings. The predicted molar refractivity (Wildman–Crippen MR) is 134 cm³/mol. The Bertz CT molecular complexity index is 1330. The second kappa shape index (κ2) is 9.82. The summed E-state index contributed by atoms with van der Waals surface area (Å²) in [5.74, 6) is -2.57. The lowest BCUT2D eigenvalue weighted by atomic mass is 9.84. The van der Waals surface area contributed by atoms with Gasteiger partial charge in [-0.15, -0.1) is 0 Å². The maximum Gasteiger partial charge on any atom is 0.410 e. The zero-order chi connectivity index (χ0) is 26.4. The van der Waals surface area contributed by atoms with Crippen molar-refractivity contribution in [2.24, 2.45) is 5.92 Å². The molecule has 0 N–H and O–H groups in total. The van der Waals surface area contributed by atoms with Gasteiger partial charge in [-0.3, -0.25) is 4.79 Å². The summed E-state index contributed by atoms with van der Waals surface area (Å²) >= 11 is 0. The number of fused-ring (bicyclic) bond motifs is 5. The van der Waals surface area contributed by atoms with Gasteiger partial charge in [0.1, 0.15) is 18.2 Å². The van der Waals surface area contributed by atoms with Gasteiger partial charge in [0, 0.05) is 23.9 Å². The summed E-state index contributed by atoms with van der Waals surface area (Å²) in [5, 5.41) is 0. The van der Waals surface area contributed by atoms with Crippen LogP contribution in [0.2, 0.25) is 0 Å². The third kappa shape index (κ3) is 4.22. The number of rotatable bonds is 6. The van der Waals surface area contributed by atoms with E-state index in [0.29, 0.717) is 25.7 Å². The van der Waals surface area contributed by atoms with Crippen molar-refractivity contribution in [1.82, 2.24) is 4.90 Å². The molecule has 196 valence electrons. The molecule has 3 aromatic rings. The van der Waals surface area contributed by atoms with Crippen molar-refractivity contribution >= 4 is 11.9 Å². The number of hydrogen-bond donors (Lipinski definition) is 0. The minimum Gasteiger partial charge on any atom is -0.448 e. The number of nitrogens with zero attached hydrogens (tertiary/aromatic N) is 1. The van der Waals surface area contributed by atoms with Crippen LogP contribution in [0.1, 0.15) is 53.1 Å². The van der Waals surface area contributed by atoms with E-state index in [0.717, 1.165) is 28.3 Å². The molecule has 1 aliphatic carbocycles. The van der Waals surface area contributed by atoms with Crippen molar-refractivity contribution in [1.29, 1.82) is 0 Å². The molecule has 2 atom stereocenters. The van der Waals surface area contributed by atoms with Gasteiger partial charge < -0.3 is 14.4 Å². The number of Topliss-reactive ketones (excluding diaryl/α,β-unsaturated/α-hetero) is 1. The van der Waals surface area contributed by atoms with Crippen LogP contribution >= 0.6 is 0 Å². The average molecular weight is 522 g/mol. The highest BCUT2D eigenvalue weighted by atomic mass is 19.3. The second-order valence-corrected chi connectivity index (χ2v) is 10.1. The number of alkyl halides is 2. The number of carbonyl (C=O) groups is 2. The first-order valence-electron chi connectivity index (χ1n) is 12.8. The first kappa shape index (κ1) is 24.5. The first-order chi connectivity index (χ1) is 18.4. The molecular weight excluding hydrogens is 495 g/mol. The number of piperidine rings is 1. The van der Waals surface area contributed by atoms with E-state index in [2.05, 4.69) is 29.0 Å². The molecule has 5 nitrogen and oxygen atoms in total. The molecule has 2 aliphatic heterocycles. The Morgan fingerprint density at radius 1 is 0.868 bits per heavy atom. The highest BCUT2D eigenvalue weighted by Gasteiger charge is 2.47. The van der Waals surface area contributed by atoms with Gasteiger partial charge in [-0.2, -0.15) is 8.78 Å². The molecule has 0 radical (unpaired) electrons. The molecule has 2 heterocycles. The molecule has 0 aromatic heterocycles. The lowest BCUT2D eigenvalue weighted by Gasteiger charge is -2.38. The van der Waals surface area contributed by atoms with E-state index < -0.39 is 41.5 Å². The van der Waals surface area contributed by atoms with Crippen LogP contribution in [-0.4, -0.2) is 42.1 Å². The normalized spacial score (nSPS) is 21.8. The molecule has 6 rings (SSSR count). The van der Waals surface area contributed by atoms with Crippen molar-refractivity contribution in [3.05, 3.63) is 89.2 Å². The molecule has 2 fully saturated rings. The van der Waals surface area contributed by atoms with Crippen LogP contribution in [0.4, 0.5) is 18.0 Å². The van der Waals surface area contributed by atoms with Crippen LogP contribution in [0, 0.1) is 11.7 Å². The van der Waals surface area contributed by atoms with Crippen molar-refractivity contribution in [2.75, 3.05) is 6.61 Å². The molecule has 0 spiro atoms. The van der Waals surface area contributed by atoms with Crippen LogP contribution in [0.5, 0.6) is 5.75 Å². The summed E-state index contributed by atoms with van der Waals surface area (Å²) in [6.45, 7) is -2.97. The maximum atomic E-state index is 14.5. The summed E-state index contributed by atoms with van der Waals surface area (Å²) in [6, 6.07) is 19.2. The summed E-state index contributed by atoms with van der Waals surface area (Å²) in [5.41, 5.74) is 4.09. The predicted octanol–water partition coefficient (Wildman–Crippen LogP) is 6.80. The first-order valence-corrected chi connectivity index (χ1v) is 12.8. The molecule has 2 unspecified atom stereocenters. The lowest BCUT2D eigenvalue weighted by molar-refractivity contribution is -0.0504. The molecule has 2 saturated heterocycles. The molecule has 2 bridgehead atoms. The van der Waals surface area contributed by atoms with Crippen molar-refractivity contribution in [2.45, 2.75) is 50.3 Å². The fourth-order valence-electron chi connectivity index (χ4n) is 6.50. The summed E-state index contributed by atoms with van der Waals surface area (Å²) < 4.78 is 50.5. The summed E-state index contributed by atoms with van der Waals surface area (Å²) in [7, 11) is 0. The van der Waals surface area contributed by atoms with Gasteiger partial charge in [-0.05, 0) is 60.1 Å². The second-order valence-electron chi connectivity index (χ2n) is 10.1. The Balaban J connectivity index is 1.15. The van der Waals surface area contributed by atoms with Gasteiger partial charge >= 0.3 is 12.7 Å². The van der Waals surface area contributed by atoms with Crippen LogP contribution < -0.4 is 4.74 Å². The van der Waals surface area contributed by atoms with E-state index in [9.17, 15) is 22.8 Å². The summed E-state index contributed by atoms with van der Waals surface area (Å²) in [6.07, 6.45) is 1.63. The van der Waals surface area contributed by atoms with E-state index in [1.807, 2.05) is 24.3 Å². The zero-order valence-electron chi connectivity index (χ0n) is 20.5. The van der Waals surface area contributed by atoms with E-state index in [1.165, 1.54) is 12.1 Å². The smallest absolute Gasteiger partial charge is 0.410 e. The molecule has 8 heteroatoms. The standard InChI is InChI=1S/C30H26F3NO4/c31-25-10-5-11-26(38-29(32)33)27(25)28(35)17-14-18-12-13-19(15-17)34(18)30(36)37-16-24-22-8-3-1-6-20(22)21-7-2-4-9-23(21)24/h1-11,17-19,24,29H,12-16H2. The Morgan fingerprint density at radius 2 is 1.47 bits per heavy atom. The third-order valence-corrected chi connectivity index (χ3v) is 8.09. The Kier molecular flexibility index (Phi) is 6.33. The minimum atomic E-state index is -3.17. The number of ketones is 1. The quantitative estimate of drug-likeness (QED) is 0.335. The van der Waals surface area contributed by atoms with Crippen LogP contribution in [0.25, 0.3) is 11.1 Å². The largest absolute Gasteiger partial charge is 0.448 e. The monoisotopic (exact) mass is 521 g/mol. The lowest BCUT2D eigenvalue weighted by Crippen LogP contribution is -2.48. The van der Waals surface area contributed by atoms with E-state index >= 15 is 0 Å². The fourth-order valence-corrected chi connectivity index (χ4v) is 6.50. The van der Waals surface area contributed by atoms with Gasteiger partial charge in [-0.25, -0.2) is 9.18 Å². The van der Waals surface area contributed by atoms with Gasteiger partial charge in [-0.1, -0.05) is 54.6 Å². The number of ether oxygens (including phenoxy) is 2. The minimum absolute atomic E-state index is 0.0579. The number of hydrogen-bond acceptors (Lipinski definition) is 4. The van der Waals surface area contributed by atoms with Gasteiger partial charge in [0.2, 0.25) is 0 Å². The molecule has 0 saturated carbocycles. The average Bonchev–Trinajstić information content (AvgIpc) is 3.37. The molecular formula is C30H26F3NO4. The topological polar surface area (TPSA) is 55.8 Å². The third-order valence-electron chi connectivity index (χ3n) is 8.09. The fraction of sp³-hybridized carbons (Fsp3) is 0.333. The highest BCUT2D eigenvalue weighted by molar-refractivity contribution is 6.00. The molecule has 3 aromatic carbocycles. The van der Waals surface area contributed by atoms with Crippen molar-refractivity contribution in [3.63, 3.8) is 0 Å². The molecule has 1 amide bonds. The Morgan fingerprint density at radius 3 is 2.08 bits per heavy atom. The van der Waals surface area contributed by atoms with Crippen LogP contribution in [-0.2, 0) is 4.74 Å². The summed E-state index contributed by atoms with van der Waals surface area (Å²) in [4.78, 5) is 28.2. The zero-order valence-corrected chi connectivity index (χ0v) is 20.5. The highest BCUT2D eigenvalue weighted by Crippen LogP contribution is 2.45. The number of benzene rings is 3. The van der Waals surface area contributed by atoms with E-state index in [-0.39, 0.29) is 24.6 Å². The number of amides is 1. The maximum absolute atomic E-state index is 14.5. The van der Waals surface area contributed by atoms with Gasteiger partial charge in [0.25, 0.3) is 0 Å². The SMILES string of the molecule is O=C(c1c(F)cccc1OC(F)F)C1CC2CCC(C1)N2C(=O)OCC1c2ccccc2-c2ccccc21. The van der Waals surface area contributed by atoms with E-state index in [4.69, 9.17) is 4.74 Å². The Hall–Kier alpha value is -3.81. The molecule has 38 heavy (non-hydrogen) atoms. The van der Waals surface area contributed by atoms with Gasteiger partial charge in [0.05, 0.1) is 5.56 Å². The van der Waals surface area contributed by atoms with Crippen molar-refractivity contribution in [3.8, 4) is 16.9 Å². The number of halogens is 3. The van der Waals surface area contributed by atoms with Crippen LogP contribution in [0.15, 0.2) is 66.7 Å². The Labute approximate surface area is 218 Å². The van der Waals surface area contributed by atoms with Crippen LogP contribution in [0.3, 0.4) is 0 Å². The van der Waals surface area contributed by atoms with E-state index in [1.54, 1.807) is 4.90 Å². The van der Waals surface area contributed by atoms with Crippen molar-refractivity contribution < 1.29 is 32.2 Å². The van der Waals surface area contributed by atoms with Gasteiger partial charge in [0.15, 0.2) is 5.78 Å².